The molecule has 32 heavy (non-hydrogen) atoms. The molecule has 1 heterocycles. The monoisotopic (exact) mass is 461 g/mol. The van der Waals surface area contributed by atoms with Crippen LogP contribution < -0.4 is 10.1 Å². The smallest absolute Gasteiger partial charge is 0.257 e. The van der Waals surface area contributed by atoms with Crippen molar-refractivity contribution in [1.82, 2.24) is 15.1 Å². The van der Waals surface area contributed by atoms with Crippen molar-refractivity contribution in [3.8, 4) is 5.75 Å². The molecule has 1 atom stereocenters. The molecule has 3 amide bonds. The standard InChI is InChI=1S/C23H25ClFN3O4/c1-15(29)26-21(16-3-6-18(32-2)7-4-16)14-22(30)27-9-11-28(12-10-27)23(31)19-13-17(24)5-8-20(19)25/h3-8,13,21H,9-12,14H2,1-2H3,(H,26,29). The maximum absolute atomic E-state index is 14.0. The average Bonchev–Trinajstić information content (AvgIpc) is 2.79. The third-order valence-corrected chi connectivity index (χ3v) is 5.59. The highest BCUT2D eigenvalue weighted by Gasteiger charge is 2.28. The van der Waals surface area contributed by atoms with Crippen LogP contribution in [0.2, 0.25) is 5.02 Å². The van der Waals surface area contributed by atoms with Crippen LogP contribution in [0.4, 0.5) is 4.39 Å². The molecule has 1 unspecified atom stereocenters. The molecule has 0 saturated carbocycles. The summed E-state index contributed by atoms with van der Waals surface area (Å²) in [4.78, 5) is 40.4. The van der Waals surface area contributed by atoms with Crippen LogP contribution in [0.3, 0.4) is 0 Å². The molecule has 1 N–H and O–H groups in total. The van der Waals surface area contributed by atoms with Crippen LogP contribution in [0.25, 0.3) is 0 Å². The van der Waals surface area contributed by atoms with Gasteiger partial charge < -0.3 is 19.9 Å². The fraction of sp³-hybridized carbons (Fsp3) is 0.348. The lowest BCUT2D eigenvalue weighted by Crippen LogP contribution is -2.51. The number of nitrogens with zero attached hydrogens (tertiary/aromatic N) is 2. The van der Waals surface area contributed by atoms with E-state index in [4.69, 9.17) is 16.3 Å². The van der Waals surface area contributed by atoms with Gasteiger partial charge in [-0.2, -0.15) is 0 Å². The van der Waals surface area contributed by atoms with Crippen LogP contribution in [-0.4, -0.2) is 60.8 Å². The molecule has 9 heteroatoms. The van der Waals surface area contributed by atoms with Crippen molar-refractivity contribution in [2.75, 3.05) is 33.3 Å². The van der Waals surface area contributed by atoms with Gasteiger partial charge in [0.1, 0.15) is 11.6 Å². The molecule has 3 rings (SSSR count). The molecule has 0 spiro atoms. The fourth-order valence-electron chi connectivity index (χ4n) is 3.63. The summed E-state index contributed by atoms with van der Waals surface area (Å²) in [6, 6.07) is 10.5. The Hall–Kier alpha value is -3.13. The van der Waals surface area contributed by atoms with Crippen molar-refractivity contribution in [2.24, 2.45) is 0 Å². The molecule has 1 aliphatic rings. The maximum atomic E-state index is 14.0. The SMILES string of the molecule is COc1ccc(C(CC(=O)N2CCN(C(=O)c3cc(Cl)ccc3F)CC2)NC(C)=O)cc1. The molecule has 1 aliphatic heterocycles. The second kappa shape index (κ2) is 10.5. The summed E-state index contributed by atoms with van der Waals surface area (Å²) < 4.78 is 19.2. The van der Waals surface area contributed by atoms with Gasteiger partial charge in [0.25, 0.3) is 5.91 Å². The number of methoxy groups -OCH3 is 1. The maximum Gasteiger partial charge on any atom is 0.257 e. The first-order valence-corrected chi connectivity index (χ1v) is 10.6. The Morgan fingerprint density at radius 3 is 2.28 bits per heavy atom. The van der Waals surface area contributed by atoms with Crippen LogP contribution in [0, 0.1) is 5.82 Å². The second-order valence-corrected chi connectivity index (χ2v) is 7.96. The van der Waals surface area contributed by atoms with E-state index >= 15 is 0 Å². The number of carbonyl (C=O) groups excluding carboxylic acids is 3. The summed E-state index contributed by atoms with van der Waals surface area (Å²) in [5, 5.41) is 3.10. The molecule has 170 valence electrons. The van der Waals surface area contributed by atoms with Gasteiger partial charge in [-0.1, -0.05) is 23.7 Å². The van der Waals surface area contributed by atoms with Gasteiger partial charge in [-0.15, -0.1) is 0 Å². The Kier molecular flexibility index (Phi) is 7.69. The summed E-state index contributed by atoms with van der Waals surface area (Å²) in [5.74, 6) is -0.779. The molecule has 2 aromatic rings. The number of hydrogen-bond acceptors (Lipinski definition) is 4. The van der Waals surface area contributed by atoms with Crippen molar-refractivity contribution in [3.05, 3.63) is 64.4 Å². The highest BCUT2D eigenvalue weighted by molar-refractivity contribution is 6.31. The fourth-order valence-corrected chi connectivity index (χ4v) is 3.80. The first-order chi connectivity index (χ1) is 15.3. The Bertz CT molecular complexity index is 991. The minimum absolute atomic E-state index is 0.0810. The molecule has 0 aromatic heterocycles. The number of hydrogen-bond donors (Lipinski definition) is 1. The number of piperazine rings is 1. The quantitative estimate of drug-likeness (QED) is 0.717. The molecule has 0 bridgehead atoms. The lowest BCUT2D eigenvalue weighted by atomic mass is 10.0. The van der Waals surface area contributed by atoms with E-state index in [1.165, 1.54) is 24.0 Å². The number of ether oxygens (including phenoxy) is 1. The number of halogens is 2. The van der Waals surface area contributed by atoms with Gasteiger partial charge in [0.15, 0.2) is 0 Å². The molecule has 1 saturated heterocycles. The van der Waals surface area contributed by atoms with E-state index in [0.29, 0.717) is 18.8 Å². The topological polar surface area (TPSA) is 79.0 Å². The van der Waals surface area contributed by atoms with Crippen LogP contribution in [0.5, 0.6) is 5.75 Å². The molecular weight excluding hydrogens is 437 g/mol. The number of carbonyl (C=O) groups is 3. The van der Waals surface area contributed by atoms with Crippen molar-refractivity contribution >= 4 is 29.3 Å². The summed E-state index contributed by atoms with van der Waals surface area (Å²) in [6.45, 7) is 2.61. The summed E-state index contributed by atoms with van der Waals surface area (Å²) in [6.07, 6.45) is 0.0861. The third-order valence-electron chi connectivity index (χ3n) is 5.35. The van der Waals surface area contributed by atoms with E-state index in [-0.39, 0.29) is 41.9 Å². The minimum Gasteiger partial charge on any atom is -0.497 e. The largest absolute Gasteiger partial charge is 0.497 e. The van der Waals surface area contributed by atoms with E-state index < -0.39 is 17.8 Å². The predicted octanol–water partition coefficient (Wildman–Crippen LogP) is 3.04. The number of amides is 3. The summed E-state index contributed by atoms with van der Waals surface area (Å²) >= 11 is 5.89. The lowest BCUT2D eigenvalue weighted by Gasteiger charge is -2.35. The van der Waals surface area contributed by atoms with E-state index in [1.54, 1.807) is 24.1 Å². The van der Waals surface area contributed by atoms with E-state index in [2.05, 4.69) is 5.32 Å². The lowest BCUT2D eigenvalue weighted by molar-refractivity contribution is -0.133. The predicted molar refractivity (Wildman–Crippen MR) is 118 cm³/mol. The molecular formula is C23H25ClFN3O4. The molecule has 7 nitrogen and oxygen atoms in total. The first-order valence-electron chi connectivity index (χ1n) is 10.2. The Labute approximate surface area is 191 Å². The van der Waals surface area contributed by atoms with Crippen molar-refractivity contribution in [3.63, 3.8) is 0 Å². The number of benzene rings is 2. The van der Waals surface area contributed by atoms with Crippen molar-refractivity contribution < 1.29 is 23.5 Å². The van der Waals surface area contributed by atoms with Gasteiger partial charge in [0.2, 0.25) is 11.8 Å². The summed E-state index contributed by atoms with van der Waals surface area (Å²) in [5.41, 5.74) is 0.710. The van der Waals surface area contributed by atoms with E-state index in [1.807, 2.05) is 12.1 Å². The highest BCUT2D eigenvalue weighted by Crippen LogP contribution is 2.22. The van der Waals surface area contributed by atoms with Crippen LogP contribution in [-0.2, 0) is 9.59 Å². The first kappa shape index (κ1) is 23.5. The van der Waals surface area contributed by atoms with E-state index in [0.717, 1.165) is 11.6 Å². The molecule has 0 aliphatic carbocycles. The Balaban J connectivity index is 1.62. The van der Waals surface area contributed by atoms with Gasteiger partial charge in [-0.25, -0.2) is 4.39 Å². The molecule has 0 radical (unpaired) electrons. The zero-order chi connectivity index (χ0) is 23.3. The molecule has 2 aromatic carbocycles. The van der Waals surface area contributed by atoms with Gasteiger partial charge in [0.05, 0.1) is 25.1 Å². The minimum atomic E-state index is -0.629. The van der Waals surface area contributed by atoms with Gasteiger partial charge in [0, 0.05) is 38.1 Å². The normalized spacial score (nSPS) is 14.6. The van der Waals surface area contributed by atoms with Crippen LogP contribution in [0.1, 0.15) is 35.3 Å². The third kappa shape index (κ3) is 5.76. The van der Waals surface area contributed by atoms with Gasteiger partial charge >= 0.3 is 0 Å². The Morgan fingerprint density at radius 1 is 1.06 bits per heavy atom. The highest BCUT2D eigenvalue weighted by atomic mass is 35.5. The van der Waals surface area contributed by atoms with E-state index in [9.17, 15) is 18.8 Å². The molecule has 1 fully saturated rings. The zero-order valence-electron chi connectivity index (χ0n) is 17.9. The van der Waals surface area contributed by atoms with Crippen LogP contribution >= 0.6 is 11.6 Å². The van der Waals surface area contributed by atoms with Crippen molar-refractivity contribution in [1.29, 1.82) is 0 Å². The summed E-state index contributed by atoms with van der Waals surface area (Å²) in [7, 11) is 1.56. The average molecular weight is 462 g/mol. The number of rotatable bonds is 6. The Morgan fingerprint density at radius 2 is 1.69 bits per heavy atom. The number of nitrogens with one attached hydrogen (secondary N) is 1. The zero-order valence-corrected chi connectivity index (χ0v) is 18.7. The second-order valence-electron chi connectivity index (χ2n) is 7.53. The van der Waals surface area contributed by atoms with Gasteiger partial charge in [-0.3, -0.25) is 14.4 Å². The van der Waals surface area contributed by atoms with Crippen molar-refractivity contribution in [2.45, 2.75) is 19.4 Å². The van der Waals surface area contributed by atoms with Crippen LogP contribution in [0.15, 0.2) is 42.5 Å². The van der Waals surface area contributed by atoms with Gasteiger partial charge in [-0.05, 0) is 35.9 Å².